The van der Waals surface area contributed by atoms with Crippen molar-refractivity contribution in [3.05, 3.63) is 69.3 Å². The number of anilines is 1. The predicted octanol–water partition coefficient (Wildman–Crippen LogP) is 4.39. The number of aryl methyl sites for hydroxylation is 1. The predicted molar refractivity (Wildman–Crippen MR) is 83.6 cm³/mol. The van der Waals surface area contributed by atoms with Crippen molar-refractivity contribution in [1.82, 2.24) is 0 Å². The van der Waals surface area contributed by atoms with Crippen LogP contribution in [0, 0.1) is 17.0 Å². The van der Waals surface area contributed by atoms with E-state index in [1.165, 1.54) is 24.0 Å². The Morgan fingerprint density at radius 3 is 2.71 bits per heavy atom. The molecule has 0 amide bonds. The zero-order valence-corrected chi connectivity index (χ0v) is 12.0. The summed E-state index contributed by atoms with van der Waals surface area (Å²) in [5.41, 5.74) is 4.22. The van der Waals surface area contributed by atoms with Gasteiger partial charge in [-0.15, -0.1) is 0 Å². The van der Waals surface area contributed by atoms with Crippen LogP contribution >= 0.6 is 0 Å². The number of benzene rings is 2. The highest BCUT2D eigenvalue weighted by molar-refractivity contribution is 5.62. The minimum atomic E-state index is -0.331. The van der Waals surface area contributed by atoms with E-state index in [0.29, 0.717) is 18.2 Å². The second-order valence-electron chi connectivity index (χ2n) is 5.60. The Kier molecular flexibility index (Phi) is 3.60. The van der Waals surface area contributed by atoms with Crippen molar-refractivity contribution in [2.45, 2.75) is 32.2 Å². The molecule has 0 spiro atoms. The Bertz CT molecular complexity index is 678. The first-order valence-corrected chi connectivity index (χ1v) is 7.22. The van der Waals surface area contributed by atoms with E-state index < -0.39 is 0 Å². The molecular formula is C17H18N2O2. The van der Waals surface area contributed by atoms with Crippen LogP contribution in [0.5, 0.6) is 0 Å². The summed E-state index contributed by atoms with van der Waals surface area (Å²) >= 11 is 0. The molecule has 0 bridgehead atoms. The van der Waals surface area contributed by atoms with Gasteiger partial charge in [0.25, 0.3) is 5.69 Å². The fourth-order valence-electron chi connectivity index (χ4n) is 2.62. The highest BCUT2D eigenvalue weighted by atomic mass is 16.6. The maximum absolute atomic E-state index is 11.1. The van der Waals surface area contributed by atoms with E-state index in [-0.39, 0.29) is 10.6 Å². The maximum atomic E-state index is 11.1. The van der Waals surface area contributed by atoms with Gasteiger partial charge >= 0.3 is 0 Å². The summed E-state index contributed by atoms with van der Waals surface area (Å²) in [5.74, 6) is 0.677. The lowest BCUT2D eigenvalue weighted by atomic mass is 10.0. The highest BCUT2D eigenvalue weighted by Gasteiger charge is 2.25. The van der Waals surface area contributed by atoms with Crippen LogP contribution in [-0.4, -0.2) is 4.92 Å². The number of rotatable bonds is 5. The summed E-state index contributed by atoms with van der Waals surface area (Å²) in [4.78, 5) is 10.8. The summed E-state index contributed by atoms with van der Waals surface area (Å²) in [6.45, 7) is 2.48. The monoisotopic (exact) mass is 282 g/mol. The molecule has 1 saturated carbocycles. The summed E-state index contributed by atoms with van der Waals surface area (Å²) in [6.07, 6.45) is 2.50. The molecule has 2 aromatic carbocycles. The van der Waals surface area contributed by atoms with Crippen molar-refractivity contribution in [2.24, 2.45) is 0 Å². The van der Waals surface area contributed by atoms with Crippen molar-refractivity contribution < 1.29 is 4.92 Å². The SMILES string of the molecule is Cc1ccc(NCc2ccccc2C2CC2)c([N+](=O)[O-])c1. The number of nitrogens with zero attached hydrogens (tertiary/aromatic N) is 1. The first-order chi connectivity index (χ1) is 10.1. The zero-order valence-electron chi connectivity index (χ0n) is 12.0. The first-order valence-electron chi connectivity index (χ1n) is 7.22. The van der Waals surface area contributed by atoms with Gasteiger partial charge in [0.15, 0.2) is 0 Å². The smallest absolute Gasteiger partial charge is 0.292 e. The van der Waals surface area contributed by atoms with Gasteiger partial charge in [-0.1, -0.05) is 30.3 Å². The Labute approximate surface area is 124 Å². The zero-order chi connectivity index (χ0) is 14.8. The van der Waals surface area contributed by atoms with Crippen LogP contribution in [0.2, 0.25) is 0 Å². The molecule has 0 atom stereocenters. The van der Waals surface area contributed by atoms with Crippen LogP contribution in [0.3, 0.4) is 0 Å². The Hall–Kier alpha value is -2.36. The number of hydrogen-bond acceptors (Lipinski definition) is 3. The van der Waals surface area contributed by atoms with Crippen LogP contribution < -0.4 is 5.32 Å². The van der Waals surface area contributed by atoms with E-state index in [1.807, 2.05) is 19.1 Å². The second-order valence-corrected chi connectivity index (χ2v) is 5.60. The van der Waals surface area contributed by atoms with Crippen molar-refractivity contribution in [2.75, 3.05) is 5.32 Å². The summed E-state index contributed by atoms with van der Waals surface area (Å²) in [6, 6.07) is 13.6. The fourth-order valence-corrected chi connectivity index (χ4v) is 2.62. The van der Waals surface area contributed by atoms with E-state index in [2.05, 4.69) is 23.5 Å². The van der Waals surface area contributed by atoms with Crippen LogP contribution in [0.25, 0.3) is 0 Å². The normalized spacial score (nSPS) is 14.0. The van der Waals surface area contributed by atoms with E-state index >= 15 is 0 Å². The molecule has 108 valence electrons. The highest BCUT2D eigenvalue weighted by Crippen LogP contribution is 2.41. The van der Waals surface area contributed by atoms with Crippen LogP contribution in [-0.2, 0) is 6.54 Å². The molecule has 3 rings (SSSR count). The number of nitrogens with one attached hydrogen (secondary N) is 1. The molecule has 0 unspecified atom stereocenters. The van der Waals surface area contributed by atoms with Crippen LogP contribution in [0.15, 0.2) is 42.5 Å². The molecule has 0 aliphatic heterocycles. The lowest BCUT2D eigenvalue weighted by Crippen LogP contribution is -2.05. The molecule has 0 saturated heterocycles. The molecule has 0 heterocycles. The first kappa shape index (κ1) is 13.6. The number of hydrogen-bond donors (Lipinski definition) is 1. The topological polar surface area (TPSA) is 55.2 Å². The summed E-state index contributed by atoms with van der Waals surface area (Å²) < 4.78 is 0. The third kappa shape index (κ3) is 3.05. The standard InChI is InChI=1S/C17H18N2O2/c1-12-6-9-16(17(10-12)19(20)21)18-11-14-4-2-3-5-15(14)13-7-8-13/h2-6,9-10,13,18H,7-8,11H2,1H3. The molecule has 1 aliphatic rings. The van der Waals surface area contributed by atoms with Gasteiger partial charge in [-0.3, -0.25) is 10.1 Å². The molecule has 21 heavy (non-hydrogen) atoms. The lowest BCUT2D eigenvalue weighted by molar-refractivity contribution is -0.384. The lowest BCUT2D eigenvalue weighted by Gasteiger charge is -2.11. The van der Waals surface area contributed by atoms with E-state index in [4.69, 9.17) is 0 Å². The van der Waals surface area contributed by atoms with Crippen molar-refractivity contribution in [3.8, 4) is 0 Å². The fraction of sp³-hybridized carbons (Fsp3) is 0.294. The second kappa shape index (κ2) is 5.56. The van der Waals surface area contributed by atoms with Gasteiger partial charge in [0.2, 0.25) is 0 Å². The van der Waals surface area contributed by atoms with Gasteiger partial charge in [0.05, 0.1) is 4.92 Å². The molecular weight excluding hydrogens is 264 g/mol. The Balaban J connectivity index is 1.81. The molecule has 4 nitrogen and oxygen atoms in total. The molecule has 0 radical (unpaired) electrons. The summed E-state index contributed by atoms with van der Waals surface area (Å²) in [7, 11) is 0. The van der Waals surface area contributed by atoms with Crippen LogP contribution in [0.1, 0.15) is 35.4 Å². The van der Waals surface area contributed by atoms with Gasteiger partial charge in [-0.2, -0.15) is 0 Å². The Morgan fingerprint density at radius 2 is 2.00 bits per heavy atom. The van der Waals surface area contributed by atoms with Gasteiger partial charge in [-0.05, 0) is 48.4 Å². The molecule has 0 aromatic heterocycles. The molecule has 1 aliphatic carbocycles. The van der Waals surface area contributed by atoms with E-state index in [1.54, 1.807) is 12.1 Å². The minimum absolute atomic E-state index is 0.138. The average molecular weight is 282 g/mol. The van der Waals surface area contributed by atoms with Gasteiger partial charge in [0, 0.05) is 12.6 Å². The van der Waals surface area contributed by atoms with Gasteiger partial charge in [-0.25, -0.2) is 0 Å². The minimum Gasteiger partial charge on any atom is -0.375 e. The largest absolute Gasteiger partial charge is 0.375 e. The molecule has 1 fully saturated rings. The quantitative estimate of drug-likeness (QED) is 0.653. The van der Waals surface area contributed by atoms with Crippen molar-refractivity contribution >= 4 is 11.4 Å². The molecule has 2 aromatic rings. The number of nitro groups is 1. The third-order valence-electron chi connectivity index (χ3n) is 3.89. The molecule has 1 N–H and O–H groups in total. The van der Waals surface area contributed by atoms with Gasteiger partial charge < -0.3 is 5.32 Å². The maximum Gasteiger partial charge on any atom is 0.292 e. The van der Waals surface area contributed by atoms with E-state index in [9.17, 15) is 10.1 Å². The summed E-state index contributed by atoms with van der Waals surface area (Å²) in [5, 5.41) is 14.4. The van der Waals surface area contributed by atoms with Crippen molar-refractivity contribution in [1.29, 1.82) is 0 Å². The third-order valence-corrected chi connectivity index (χ3v) is 3.89. The Morgan fingerprint density at radius 1 is 1.24 bits per heavy atom. The van der Waals surface area contributed by atoms with E-state index in [0.717, 1.165) is 5.56 Å². The van der Waals surface area contributed by atoms with Crippen molar-refractivity contribution in [3.63, 3.8) is 0 Å². The van der Waals surface area contributed by atoms with Gasteiger partial charge in [0.1, 0.15) is 5.69 Å². The average Bonchev–Trinajstić information content (AvgIpc) is 3.30. The van der Waals surface area contributed by atoms with Crippen LogP contribution in [0.4, 0.5) is 11.4 Å². The number of nitro benzene ring substituents is 1. The molecule has 4 heteroatoms.